The maximum atomic E-state index is 9.30. The molecule has 1 fully saturated rings. The Morgan fingerprint density at radius 2 is 1.82 bits per heavy atom. The van der Waals surface area contributed by atoms with Crippen LogP contribution in [0.15, 0.2) is 24.3 Å². The number of likely N-dealkylation sites (tertiary alicyclic amines) is 1. The summed E-state index contributed by atoms with van der Waals surface area (Å²) in [6.07, 6.45) is 4.66. The normalized spacial score (nSPS) is 18.6. The van der Waals surface area contributed by atoms with Crippen molar-refractivity contribution in [3.8, 4) is 6.07 Å². The fourth-order valence-electron chi connectivity index (χ4n) is 2.43. The third-order valence-corrected chi connectivity index (χ3v) is 3.53. The van der Waals surface area contributed by atoms with Gasteiger partial charge in [-0.3, -0.25) is 4.90 Å². The number of rotatable bonds is 3. The van der Waals surface area contributed by atoms with Crippen molar-refractivity contribution in [3.63, 3.8) is 0 Å². The molecule has 0 N–H and O–H groups in total. The van der Waals surface area contributed by atoms with E-state index >= 15 is 0 Å². The van der Waals surface area contributed by atoms with Gasteiger partial charge in [-0.25, -0.2) is 0 Å². The van der Waals surface area contributed by atoms with Crippen LogP contribution >= 0.6 is 0 Å². The number of nitriles is 1. The van der Waals surface area contributed by atoms with E-state index < -0.39 is 0 Å². The smallest absolute Gasteiger partial charge is 0.102 e. The second kappa shape index (κ2) is 5.84. The number of nitrogens with zero attached hydrogens (tertiary/aromatic N) is 2. The van der Waals surface area contributed by atoms with Crippen LogP contribution in [0.25, 0.3) is 0 Å². The summed E-state index contributed by atoms with van der Waals surface area (Å²) >= 11 is 0. The second-order valence-electron chi connectivity index (χ2n) is 4.93. The summed E-state index contributed by atoms with van der Waals surface area (Å²) in [6.45, 7) is 4.27. The molecule has 0 amide bonds. The zero-order valence-electron chi connectivity index (χ0n) is 10.5. The van der Waals surface area contributed by atoms with Crippen LogP contribution < -0.4 is 0 Å². The van der Waals surface area contributed by atoms with Crippen LogP contribution in [0.2, 0.25) is 0 Å². The van der Waals surface area contributed by atoms with Crippen molar-refractivity contribution in [1.29, 1.82) is 5.26 Å². The van der Waals surface area contributed by atoms with Crippen LogP contribution in [0.5, 0.6) is 0 Å². The van der Waals surface area contributed by atoms with Crippen molar-refractivity contribution < 1.29 is 0 Å². The Hall–Kier alpha value is -1.33. The highest BCUT2D eigenvalue weighted by Crippen LogP contribution is 2.15. The van der Waals surface area contributed by atoms with Crippen molar-refractivity contribution in [2.75, 3.05) is 13.1 Å². The quantitative estimate of drug-likeness (QED) is 0.795. The van der Waals surface area contributed by atoms with Gasteiger partial charge in [0.15, 0.2) is 0 Å². The molecule has 0 aliphatic carbocycles. The molecule has 0 bridgehead atoms. The number of aryl methyl sites for hydroxylation is 1. The van der Waals surface area contributed by atoms with E-state index in [1.165, 1.54) is 30.4 Å². The molecular weight excluding hydrogens is 208 g/mol. The largest absolute Gasteiger partial charge is 0.288 e. The van der Waals surface area contributed by atoms with Crippen LogP contribution in [-0.4, -0.2) is 24.0 Å². The number of hydrogen-bond acceptors (Lipinski definition) is 2. The summed E-state index contributed by atoms with van der Waals surface area (Å²) in [4.78, 5) is 2.34. The van der Waals surface area contributed by atoms with Gasteiger partial charge < -0.3 is 0 Å². The van der Waals surface area contributed by atoms with E-state index in [0.29, 0.717) is 0 Å². The van der Waals surface area contributed by atoms with E-state index in [9.17, 15) is 5.26 Å². The summed E-state index contributed by atoms with van der Waals surface area (Å²) in [5.74, 6) is 0. The molecule has 0 radical (unpaired) electrons. The topological polar surface area (TPSA) is 27.0 Å². The van der Waals surface area contributed by atoms with Gasteiger partial charge in [-0.2, -0.15) is 5.26 Å². The van der Waals surface area contributed by atoms with Gasteiger partial charge in [-0.15, -0.1) is 0 Å². The van der Waals surface area contributed by atoms with Crippen molar-refractivity contribution in [2.45, 2.75) is 38.6 Å². The Labute approximate surface area is 104 Å². The van der Waals surface area contributed by atoms with E-state index in [-0.39, 0.29) is 6.04 Å². The first-order chi connectivity index (χ1) is 8.29. The Kier molecular flexibility index (Phi) is 4.17. The molecule has 0 saturated carbocycles. The molecule has 1 aromatic carbocycles. The molecule has 1 aromatic rings. The molecule has 1 aliphatic heterocycles. The Morgan fingerprint density at radius 3 is 2.41 bits per heavy atom. The predicted octanol–water partition coefficient (Wildman–Crippen LogP) is 2.92. The summed E-state index contributed by atoms with van der Waals surface area (Å²) in [5, 5.41) is 9.30. The van der Waals surface area contributed by atoms with E-state index in [2.05, 4.69) is 42.2 Å². The lowest BCUT2D eigenvalue weighted by molar-refractivity contribution is 0.194. The highest BCUT2D eigenvalue weighted by molar-refractivity contribution is 5.23. The lowest BCUT2D eigenvalue weighted by atomic mass is 10.0. The highest BCUT2D eigenvalue weighted by Gasteiger charge is 2.20. The monoisotopic (exact) mass is 228 g/mol. The number of hydrogen-bond donors (Lipinski definition) is 0. The second-order valence-corrected chi connectivity index (χ2v) is 4.93. The van der Waals surface area contributed by atoms with E-state index in [0.717, 1.165) is 19.5 Å². The first kappa shape index (κ1) is 12.1. The maximum absolute atomic E-state index is 9.30. The molecule has 2 rings (SSSR count). The van der Waals surface area contributed by atoms with Gasteiger partial charge >= 0.3 is 0 Å². The summed E-state index contributed by atoms with van der Waals surface area (Å²) in [7, 11) is 0. The minimum atomic E-state index is 0.0537. The van der Waals surface area contributed by atoms with E-state index in [1.807, 2.05) is 0 Å². The van der Waals surface area contributed by atoms with Crippen molar-refractivity contribution in [2.24, 2.45) is 0 Å². The molecule has 2 nitrogen and oxygen atoms in total. The Morgan fingerprint density at radius 1 is 1.18 bits per heavy atom. The zero-order valence-corrected chi connectivity index (χ0v) is 10.5. The summed E-state index contributed by atoms with van der Waals surface area (Å²) in [6, 6.07) is 11.0. The molecule has 17 heavy (non-hydrogen) atoms. The van der Waals surface area contributed by atoms with Crippen molar-refractivity contribution >= 4 is 0 Å². The minimum absolute atomic E-state index is 0.0537. The predicted molar refractivity (Wildman–Crippen MR) is 69.7 cm³/mol. The van der Waals surface area contributed by atoms with Crippen molar-refractivity contribution in [3.05, 3.63) is 35.4 Å². The van der Waals surface area contributed by atoms with Gasteiger partial charge in [0.25, 0.3) is 0 Å². The standard InChI is InChI=1S/C15H20N2/c1-13-5-7-14(8-6-13)11-15(12-16)17-9-3-2-4-10-17/h5-8,15H,2-4,9-11H2,1H3. The van der Waals surface area contributed by atoms with E-state index in [4.69, 9.17) is 0 Å². The molecule has 1 heterocycles. The molecule has 0 aromatic heterocycles. The summed E-state index contributed by atoms with van der Waals surface area (Å²) in [5.41, 5.74) is 2.55. The average molecular weight is 228 g/mol. The van der Waals surface area contributed by atoms with Gasteiger partial charge in [0, 0.05) is 6.42 Å². The maximum Gasteiger partial charge on any atom is 0.102 e. The SMILES string of the molecule is Cc1ccc(CC(C#N)N2CCCCC2)cc1. The third-order valence-electron chi connectivity index (χ3n) is 3.53. The molecule has 0 spiro atoms. The Balaban J connectivity index is 1.99. The first-order valence-corrected chi connectivity index (χ1v) is 6.49. The first-order valence-electron chi connectivity index (χ1n) is 6.49. The fourth-order valence-corrected chi connectivity index (χ4v) is 2.43. The lowest BCUT2D eigenvalue weighted by Crippen LogP contribution is -2.39. The van der Waals surface area contributed by atoms with Gasteiger partial charge in [-0.1, -0.05) is 36.2 Å². The molecule has 1 atom stereocenters. The van der Waals surface area contributed by atoms with Gasteiger partial charge in [0.2, 0.25) is 0 Å². The summed E-state index contributed by atoms with van der Waals surface area (Å²) < 4.78 is 0. The number of piperidine rings is 1. The van der Waals surface area contributed by atoms with Gasteiger partial charge in [0.05, 0.1) is 6.07 Å². The van der Waals surface area contributed by atoms with Gasteiger partial charge in [0.1, 0.15) is 6.04 Å². The average Bonchev–Trinajstić information content (AvgIpc) is 2.39. The van der Waals surface area contributed by atoms with Gasteiger partial charge in [-0.05, 0) is 38.4 Å². The lowest BCUT2D eigenvalue weighted by Gasteiger charge is -2.30. The molecule has 1 aliphatic rings. The molecular formula is C15H20N2. The minimum Gasteiger partial charge on any atom is -0.288 e. The number of benzene rings is 1. The van der Waals surface area contributed by atoms with Crippen LogP contribution in [0, 0.1) is 18.3 Å². The molecule has 2 heteroatoms. The fraction of sp³-hybridized carbons (Fsp3) is 0.533. The van der Waals surface area contributed by atoms with Crippen LogP contribution in [-0.2, 0) is 6.42 Å². The Bertz CT molecular complexity index is 382. The molecule has 1 unspecified atom stereocenters. The molecule has 90 valence electrons. The van der Waals surface area contributed by atoms with Crippen LogP contribution in [0.4, 0.5) is 0 Å². The third kappa shape index (κ3) is 3.31. The van der Waals surface area contributed by atoms with E-state index in [1.54, 1.807) is 0 Å². The molecule has 1 saturated heterocycles. The highest BCUT2D eigenvalue weighted by atomic mass is 15.2. The van der Waals surface area contributed by atoms with Crippen molar-refractivity contribution in [1.82, 2.24) is 4.90 Å². The zero-order chi connectivity index (χ0) is 12.1. The van der Waals surface area contributed by atoms with Crippen LogP contribution in [0.1, 0.15) is 30.4 Å². The van der Waals surface area contributed by atoms with Crippen LogP contribution in [0.3, 0.4) is 0 Å².